The highest BCUT2D eigenvalue weighted by molar-refractivity contribution is 5.82. The number of ether oxygens (including phenoxy) is 3. The van der Waals surface area contributed by atoms with Gasteiger partial charge < -0.3 is 19.9 Å². The molecule has 28 heavy (non-hydrogen) atoms. The Morgan fingerprint density at radius 2 is 1.86 bits per heavy atom. The van der Waals surface area contributed by atoms with E-state index in [1.54, 1.807) is 32.0 Å². The van der Waals surface area contributed by atoms with E-state index >= 15 is 0 Å². The van der Waals surface area contributed by atoms with E-state index in [-0.39, 0.29) is 17.9 Å². The van der Waals surface area contributed by atoms with Gasteiger partial charge >= 0.3 is 0 Å². The number of methoxy groups -OCH3 is 2. The summed E-state index contributed by atoms with van der Waals surface area (Å²) >= 11 is 0. The van der Waals surface area contributed by atoms with Crippen molar-refractivity contribution >= 4 is 12.1 Å². The average Bonchev–Trinajstić information content (AvgIpc) is 2.65. The molecule has 1 aromatic carbocycles. The van der Waals surface area contributed by atoms with E-state index in [2.05, 4.69) is 5.10 Å². The van der Waals surface area contributed by atoms with Gasteiger partial charge in [0.05, 0.1) is 20.4 Å². The molecular formula is C19H20N4O5. The SMILES string of the molecule is COc1cc(/C=N\n2c(C)cc(C)c(C#N)c2=O)cc(OC)c1OCC(N)=O. The number of aromatic nitrogens is 1. The summed E-state index contributed by atoms with van der Waals surface area (Å²) in [5, 5.41) is 13.3. The topological polar surface area (TPSA) is 129 Å². The summed E-state index contributed by atoms with van der Waals surface area (Å²) in [6, 6.07) is 6.80. The van der Waals surface area contributed by atoms with Gasteiger partial charge in [0.2, 0.25) is 5.75 Å². The van der Waals surface area contributed by atoms with Crippen molar-refractivity contribution in [3.8, 4) is 23.3 Å². The molecule has 9 nitrogen and oxygen atoms in total. The molecule has 0 saturated heterocycles. The van der Waals surface area contributed by atoms with Crippen LogP contribution in [0.3, 0.4) is 0 Å². The molecule has 2 aromatic rings. The van der Waals surface area contributed by atoms with Crippen LogP contribution in [-0.4, -0.2) is 37.6 Å². The van der Waals surface area contributed by atoms with E-state index in [4.69, 9.17) is 25.2 Å². The maximum atomic E-state index is 12.4. The third-order valence-electron chi connectivity index (χ3n) is 3.84. The zero-order valence-electron chi connectivity index (χ0n) is 16.0. The molecular weight excluding hydrogens is 364 g/mol. The predicted octanol–water partition coefficient (Wildman–Crippen LogP) is 1.10. The minimum absolute atomic E-state index is 0.0353. The van der Waals surface area contributed by atoms with Gasteiger partial charge in [0.15, 0.2) is 18.1 Å². The summed E-state index contributed by atoms with van der Waals surface area (Å²) in [5.41, 5.74) is 6.36. The number of benzene rings is 1. The molecule has 0 radical (unpaired) electrons. The fourth-order valence-corrected chi connectivity index (χ4v) is 2.55. The summed E-state index contributed by atoms with van der Waals surface area (Å²) < 4.78 is 17.1. The third-order valence-corrected chi connectivity index (χ3v) is 3.84. The van der Waals surface area contributed by atoms with Gasteiger partial charge in [-0.05, 0) is 37.6 Å². The van der Waals surface area contributed by atoms with E-state index in [9.17, 15) is 9.59 Å². The number of rotatable bonds is 7. The first-order chi connectivity index (χ1) is 13.3. The highest BCUT2D eigenvalue weighted by Crippen LogP contribution is 2.38. The summed E-state index contributed by atoms with van der Waals surface area (Å²) in [5.74, 6) is 0.175. The van der Waals surface area contributed by atoms with E-state index in [0.717, 1.165) is 4.68 Å². The number of primary amides is 1. The van der Waals surface area contributed by atoms with Gasteiger partial charge in [-0.1, -0.05) is 0 Å². The summed E-state index contributed by atoms with van der Waals surface area (Å²) in [6.45, 7) is 3.07. The number of carbonyl (C=O) groups excluding carboxylic acids is 1. The van der Waals surface area contributed by atoms with Crippen molar-refractivity contribution in [1.82, 2.24) is 4.68 Å². The molecule has 0 saturated carbocycles. The van der Waals surface area contributed by atoms with Crippen LogP contribution in [0.25, 0.3) is 0 Å². The van der Waals surface area contributed by atoms with Crippen molar-refractivity contribution in [2.24, 2.45) is 10.8 Å². The lowest BCUT2D eigenvalue weighted by Gasteiger charge is -2.14. The van der Waals surface area contributed by atoms with Crippen molar-refractivity contribution in [3.63, 3.8) is 0 Å². The molecule has 1 heterocycles. The van der Waals surface area contributed by atoms with Crippen LogP contribution in [0.5, 0.6) is 17.2 Å². The van der Waals surface area contributed by atoms with Gasteiger partial charge in [0.25, 0.3) is 11.5 Å². The van der Waals surface area contributed by atoms with Crippen molar-refractivity contribution in [2.45, 2.75) is 13.8 Å². The van der Waals surface area contributed by atoms with Crippen molar-refractivity contribution in [2.75, 3.05) is 20.8 Å². The first-order valence-electron chi connectivity index (χ1n) is 8.17. The number of pyridine rings is 1. The van der Waals surface area contributed by atoms with Gasteiger partial charge in [-0.15, -0.1) is 0 Å². The van der Waals surface area contributed by atoms with Crippen LogP contribution < -0.4 is 25.5 Å². The predicted molar refractivity (Wildman–Crippen MR) is 102 cm³/mol. The van der Waals surface area contributed by atoms with Crippen molar-refractivity contribution < 1.29 is 19.0 Å². The molecule has 0 fully saturated rings. The Balaban J connectivity index is 2.49. The number of nitriles is 1. The number of carbonyl (C=O) groups is 1. The molecule has 0 bridgehead atoms. The van der Waals surface area contributed by atoms with Crippen LogP contribution in [0.2, 0.25) is 0 Å². The van der Waals surface area contributed by atoms with Gasteiger partial charge in [0, 0.05) is 11.3 Å². The van der Waals surface area contributed by atoms with Crippen LogP contribution in [0, 0.1) is 25.2 Å². The zero-order chi connectivity index (χ0) is 20.8. The molecule has 0 aliphatic carbocycles. The zero-order valence-corrected chi connectivity index (χ0v) is 16.0. The Bertz CT molecular complexity index is 1010. The maximum absolute atomic E-state index is 12.4. The van der Waals surface area contributed by atoms with E-state index < -0.39 is 11.5 Å². The second-order valence-electron chi connectivity index (χ2n) is 5.83. The summed E-state index contributed by atoms with van der Waals surface area (Å²) in [7, 11) is 2.86. The van der Waals surface area contributed by atoms with Gasteiger partial charge in [-0.2, -0.15) is 10.4 Å². The molecule has 0 atom stereocenters. The van der Waals surface area contributed by atoms with Crippen molar-refractivity contribution in [3.05, 3.63) is 50.9 Å². The smallest absolute Gasteiger partial charge is 0.289 e. The molecule has 0 aliphatic rings. The van der Waals surface area contributed by atoms with Crippen molar-refractivity contribution in [1.29, 1.82) is 5.26 Å². The monoisotopic (exact) mass is 384 g/mol. The Kier molecular flexibility index (Phi) is 6.39. The average molecular weight is 384 g/mol. The first-order valence-corrected chi connectivity index (χ1v) is 8.17. The van der Waals surface area contributed by atoms with Gasteiger partial charge in [0.1, 0.15) is 11.6 Å². The standard InChI is InChI=1S/C19H20N4O5/c1-11-5-12(2)23(19(25)14(11)8-20)22-9-13-6-15(26-3)18(16(7-13)27-4)28-10-17(21)24/h5-7,9H,10H2,1-4H3,(H2,21,24)/b22-9-. The summed E-state index contributed by atoms with van der Waals surface area (Å²) in [6.07, 6.45) is 1.42. The van der Waals surface area contributed by atoms with Crippen LogP contribution in [0.1, 0.15) is 22.4 Å². The van der Waals surface area contributed by atoms with Gasteiger partial charge in [-0.3, -0.25) is 9.59 Å². The Labute approximate surface area is 161 Å². The molecule has 1 amide bonds. The molecule has 9 heteroatoms. The quantitative estimate of drug-likeness (QED) is 0.712. The fraction of sp³-hybridized carbons (Fsp3) is 0.263. The first kappa shape index (κ1) is 20.5. The van der Waals surface area contributed by atoms with E-state index in [1.807, 2.05) is 6.07 Å². The Morgan fingerprint density at radius 3 is 2.36 bits per heavy atom. The molecule has 2 rings (SSSR count). The Hall–Kier alpha value is -3.80. The number of amides is 1. The number of nitrogens with zero attached hydrogens (tertiary/aromatic N) is 3. The van der Waals surface area contributed by atoms with Gasteiger partial charge in [-0.25, -0.2) is 4.68 Å². The minimum Gasteiger partial charge on any atom is -0.493 e. The number of aryl methyl sites for hydroxylation is 2. The van der Waals surface area contributed by atoms with Crippen LogP contribution in [0.4, 0.5) is 0 Å². The second kappa shape index (κ2) is 8.73. The molecule has 0 aliphatic heterocycles. The number of hydrogen-bond acceptors (Lipinski definition) is 7. The van der Waals surface area contributed by atoms with Crippen LogP contribution >= 0.6 is 0 Å². The summed E-state index contributed by atoms with van der Waals surface area (Å²) in [4.78, 5) is 23.4. The molecule has 0 unspecified atom stereocenters. The number of hydrogen-bond donors (Lipinski definition) is 1. The second-order valence-corrected chi connectivity index (χ2v) is 5.83. The molecule has 1 aromatic heterocycles. The maximum Gasteiger partial charge on any atom is 0.289 e. The minimum atomic E-state index is -0.641. The largest absolute Gasteiger partial charge is 0.493 e. The normalized spacial score (nSPS) is 10.5. The highest BCUT2D eigenvalue weighted by atomic mass is 16.5. The lowest BCUT2D eigenvalue weighted by Crippen LogP contribution is -2.22. The van der Waals surface area contributed by atoms with E-state index in [1.165, 1.54) is 20.4 Å². The molecule has 2 N–H and O–H groups in total. The fourth-order valence-electron chi connectivity index (χ4n) is 2.55. The lowest BCUT2D eigenvalue weighted by molar-refractivity contribution is -0.120. The number of nitrogens with two attached hydrogens (primary N) is 1. The third kappa shape index (κ3) is 4.29. The van der Waals surface area contributed by atoms with Crippen LogP contribution in [0.15, 0.2) is 28.1 Å². The highest BCUT2D eigenvalue weighted by Gasteiger charge is 2.15. The lowest BCUT2D eigenvalue weighted by atomic mass is 10.1. The van der Waals surface area contributed by atoms with Crippen LogP contribution in [-0.2, 0) is 4.79 Å². The molecule has 0 spiro atoms. The molecule has 146 valence electrons. The van der Waals surface area contributed by atoms with E-state index in [0.29, 0.717) is 28.3 Å². The Morgan fingerprint density at radius 1 is 1.25 bits per heavy atom.